The van der Waals surface area contributed by atoms with Gasteiger partial charge in [0.15, 0.2) is 0 Å². The number of hydrogen-bond donors (Lipinski definition) is 2. The van der Waals surface area contributed by atoms with E-state index in [1.807, 2.05) is 12.1 Å². The summed E-state index contributed by atoms with van der Waals surface area (Å²) in [7, 11) is 2.14. The van der Waals surface area contributed by atoms with Crippen molar-refractivity contribution in [3.8, 4) is 0 Å². The second-order valence-corrected chi connectivity index (χ2v) is 7.94. The number of carbonyl (C=O) groups excluding carboxylic acids is 2. The first-order valence-electron chi connectivity index (χ1n) is 9.74. The summed E-state index contributed by atoms with van der Waals surface area (Å²) >= 11 is 6.10. The zero-order chi connectivity index (χ0) is 20.1. The molecule has 28 heavy (non-hydrogen) atoms. The molecule has 0 aromatic heterocycles. The lowest BCUT2D eigenvalue weighted by atomic mass is 9.87. The van der Waals surface area contributed by atoms with Crippen molar-refractivity contribution in [1.82, 2.24) is 20.4 Å². The molecule has 0 aliphatic carbocycles. The van der Waals surface area contributed by atoms with Crippen LogP contribution in [0.2, 0.25) is 5.02 Å². The molecule has 1 fully saturated rings. The van der Waals surface area contributed by atoms with Crippen LogP contribution >= 0.6 is 11.6 Å². The Kier molecular flexibility index (Phi) is 7.04. The Labute approximate surface area is 171 Å². The first-order valence-corrected chi connectivity index (χ1v) is 10.1. The molecule has 2 aliphatic rings. The number of nitrogens with one attached hydrogen (secondary N) is 2. The van der Waals surface area contributed by atoms with Crippen LogP contribution in [-0.4, -0.2) is 73.8 Å². The van der Waals surface area contributed by atoms with Gasteiger partial charge in [-0.15, -0.1) is 0 Å². The van der Waals surface area contributed by atoms with Gasteiger partial charge in [0.2, 0.25) is 5.91 Å². The molecule has 3 amide bonds. The minimum atomic E-state index is -0.542. The summed E-state index contributed by atoms with van der Waals surface area (Å²) in [5.41, 5.74) is 1.32. The molecule has 2 N–H and O–H groups in total. The van der Waals surface area contributed by atoms with Gasteiger partial charge in [0.25, 0.3) is 0 Å². The van der Waals surface area contributed by atoms with Crippen molar-refractivity contribution in [2.75, 3.05) is 46.3 Å². The average molecular weight is 406 g/mol. The first-order chi connectivity index (χ1) is 13.4. The van der Waals surface area contributed by atoms with Crippen LogP contribution < -0.4 is 10.6 Å². The fourth-order valence-electron chi connectivity index (χ4n) is 3.73. The molecule has 1 aromatic rings. The number of hydrogen-bond acceptors (Lipinski definition) is 4. The van der Waals surface area contributed by atoms with Gasteiger partial charge in [-0.1, -0.05) is 23.7 Å². The minimum Gasteiger partial charge on any atom is -0.355 e. The Morgan fingerprint density at radius 2 is 2.07 bits per heavy atom. The molecular formula is C20H28ClN5O2. The predicted octanol–water partition coefficient (Wildman–Crippen LogP) is 1.94. The third kappa shape index (κ3) is 5.31. The summed E-state index contributed by atoms with van der Waals surface area (Å²) in [5.74, 6) is -0.663. The highest BCUT2D eigenvalue weighted by molar-refractivity contribution is 6.30. The third-order valence-corrected chi connectivity index (χ3v) is 5.61. The van der Waals surface area contributed by atoms with Gasteiger partial charge in [0.05, 0.1) is 6.04 Å². The lowest BCUT2D eigenvalue weighted by Crippen LogP contribution is -2.48. The number of urea groups is 1. The van der Waals surface area contributed by atoms with E-state index in [-0.39, 0.29) is 5.91 Å². The van der Waals surface area contributed by atoms with Crippen molar-refractivity contribution in [2.45, 2.75) is 19.4 Å². The van der Waals surface area contributed by atoms with E-state index in [0.29, 0.717) is 17.3 Å². The average Bonchev–Trinajstić information content (AvgIpc) is 2.66. The highest BCUT2D eigenvalue weighted by atomic mass is 35.5. The zero-order valence-electron chi connectivity index (χ0n) is 16.4. The fraction of sp³-hybridized carbons (Fsp3) is 0.550. The number of rotatable bonds is 6. The van der Waals surface area contributed by atoms with E-state index in [0.717, 1.165) is 44.7 Å². The van der Waals surface area contributed by atoms with E-state index < -0.39 is 18.0 Å². The van der Waals surface area contributed by atoms with Gasteiger partial charge < -0.3 is 20.4 Å². The molecule has 0 saturated carbocycles. The van der Waals surface area contributed by atoms with Gasteiger partial charge >= 0.3 is 6.03 Å². The molecule has 3 rings (SSSR count). The Hall–Kier alpha value is -1.96. The molecule has 0 radical (unpaired) electrons. The lowest BCUT2D eigenvalue weighted by Gasteiger charge is -2.32. The SMILES string of the molecule is CC1=NC(=O)NC(c2cccc(Cl)c2)C1C(=O)NCCCN1CCN(C)CC1. The number of amides is 3. The standard InChI is InChI=1S/C20H28ClN5O2/c1-14-17(18(24-20(28)23-14)15-5-3-6-16(21)13-15)19(27)22-7-4-8-26-11-9-25(2)10-12-26/h3,5-6,13,17-18H,4,7-12H2,1-2H3,(H,22,27)(H,24,28). The molecular weight excluding hydrogens is 378 g/mol. The van der Waals surface area contributed by atoms with E-state index in [4.69, 9.17) is 11.6 Å². The first kappa shape index (κ1) is 20.8. The molecule has 0 bridgehead atoms. The predicted molar refractivity (Wildman–Crippen MR) is 111 cm³/mol. The van der Waals surface area contributed by atoms with Gasteiger partial charge in [-0.05, 0) is 44.6 Å². The van der Waals surface area contributed by atoms with Crippen molar-refractivity contribution in [1.29, 1.82) is 0 Å². The normalized spacial score (nSPS) is 23.8. The van der Waals surface area contributed by atoms with Crippen LogP contribution in [0.1, 0.15) is 24.9 Å². The molecule has 1 aromatic carbocycles. The topological polar surface area (TPSA) is 77.0 Å². The lowest BCUT2D eigenvalue weighted by molar-refractivity contribution is -0.123. The van der Waals surface area contributed by atoms with Crippen LogP contribution in [0.15, 0.2) is 29.3 Å². The maximum absolute atomic E-state index is 12.9. The number of piperazine rings is 1. The van der Waals surface area contributed by atoms with Crippen molar-refractivity contribution in [3.63, 3.8) is 0 Å². The van der Waals surface area contributed by atoms with Crippen LogP contribution in [-0.2, 0) is 4.79 Å². The highest BCUT2D eigenvalue weighted by Crippen LogP contribution is 2.28. The largest absolute Gasteiger partial charge is 0.355 e. The maximum atomic E-state index is 12.9. The molecule has 2 unspecified atom stereocenters. The monoisotopic (exact) mass is 405 g/mol. The number of likely N-dealkylation sites (N-methyl/N-ethyl adjacent to an activating group) is 1. The Balaban J connectivity index is 1.58. The summed E-state index contributed by atoms with van der Waals surface area (Å²) in [6, 6.07) is 6.32. The van der Waals surface area contributed by atoms with E-state index in [9.17, 15) is 9.59 Å². The van der Waals surface area contributed by atoms with E-state index in [1.54, 1.807) is 19.1 Å². The summed E-state index contributed by atoms with van der Waals surface area (Å²) in [6.45, 7) is 7.62. The van der Waals surface area contributed by atoms with Crippen LogP contribution in [0.3, 0.4) is 0 Å². The quantitative estimate of drug-likeness (QED) is 0.709. The molecule has 0 spiro atoms. The van der Waals surface area contributed by atoms with Crippen LogP contribution in [0, 0.1) is 5.92 Å². The van der Waals surface area contributed by atoms with E-state index >= 15 is 0 Å². The van der Waals surface area contributed by atoms with Crippen molar-refractivity contribution >= 4 is 29.3 Å². The number of nitrogens with zero attached hydrogens (tertiary/aromatic N) is 3. The maximum Gasteiger partial charge on any atom is 0.341 e. The summed E-state index contributed by atoms with van der Waals surface area (Å²) in [6.07, 6.45) is 0.895. The second-order valence-electron chi connectivity index (χ2n) is 7.50. The van der Waals surface area contributed by atoms with Crippen molar-refractivity contribution in [2.24, 2.45) is 10.9 Å². The molecule has 2 aliphatic heterocycles. The van der Waals surface area contributed by atoms with E-state index in [2.05, 4.69) is 32.5 Å². The van der Waals surface area contributed by atoms with Gasteiger partial charge in [0.1, 0.15) is 5.92 Å². The van der Waals surface area contributed by atoms with Gasteiger partial charge in [-0.25, -0.2) is 9.79 Å². The highest BCUT2D eigenvalue weighted by Gasteiger charge is 2.36. The number of carbonyl (C=O) groups is 2. The van der Waals surface area contributed by atoms with Gasteiger partial charge in [-0.2, -0.15) is 0 Å². The molecule has 1 saturated heterocycles. The van der Waals surface area contributed by atoms with E-state index in [1.165, 1.54) is 0 Å². The Morgan fingerprint density at radius 3 is 2.79 bits per heavy atom. The number of aliphatic imine (C=N–C) groups is 1. The molecule has 2 atom stereocenters. The smallest absolute Gasteiger partial charge is 0.341 e. The number of benzene rings is 1. The molecule has 8 heteroatoms. The second kappa shape index (κ2) is 9.49. The summed E-state index contributed by atoms with van der Waals surface area (Å²) in [5, 5.41) is 6.40. The Bertz CT molecular complexity index is 746. The summed E-state index contributed by atoms with van der Waals surface area (Å²) < 4.78 is 0. The molecule has 152 valence electrons. The Morgan fingerprint density at radius 1 is 1.32 bits per heavy atom. The fourth-order valence-corrected chi connectivity index (χ4v) is 3.93. The van der Waals surface area contributed by atoms with Crippen LogP contribution in [0.4, 0.5) is 4.79 Å². The van der Waals surface area contributed by atoms with Crippen molar-refractivity contribution in [3.05, 3.63) is 34.9 Å². The summed E-state index contributed by atoms with van der Waals surface area (Å²) in [4.78, 5) is 33.5. The van der Waals surface area contributed by atoms with Crippen molar-refractivity contribution < 1.29 is 9.59 Å². The molecule has 7 nitrogen and oxygen atoms in total. The zero-order valence-corrected chi connectivity index (χ0v) is 17.2. The van der Waals surface area contributed by atoms with Gasteiger partial charge in [0, 0.05) is 43.5 Å². The van der Waals surface area contributed by atoms with Crippen LogP contribution in [0.25, 0.3) is 0 Å². The third-order valence-electron chi connectivity index (χ3n) is 5.38. The number of halogens is 1. The van der Waals surface area contributed by atoms with Crippen LogP contribution in [0.5, 0.6) is 0 Å². The minimum absolute atomic E-state index is 0.121. The van der Waals surface area contributed by atoms with Gasteiger partial charge in [-0.3, -0.25) is 4.79 Å². The molecule has 2 heterocycles.